The topological polar surface area (TPSA) is 108 Å². The van der Waals surface area contributed by atoms with Crippen molar-refractivity contribution in [1.82, 2.24) is 20.4 Å². The summed E-state index contributed by atoms with van der Waals surface area (Å²) in [6, 6.07) is 4.32. The molecule has 0 spiro atoms. The molecule has 4 heterocycles. The Bertz CT molecular complexity index is 868. The van der Waals surface area contributed by atoms with Crippen molar-refractivity contribution in [3.8, 4) is 5.75 Å². The second-order valence-corrected chi connectivity index (χ2v) is 7.81. The van der Waals surface area contributed by atoms with Crippen LogP contribution >= 0.6 is 0 Å². The van der Waals surface area contributed by atoms with Gasteiger partial charge in [-0.15, -0.1) is 0 Å². The predicted molar refractivity (Wildman–Crippen MR) is 104 cm³/mol. The van der Waals surface area contributed by atoms with Crippen LogP contribution in [0, 0.1) is 5.92 Å². The lowest BCUT2D eigenvalue weighted by molar-refractivity contribution is -0.122. The summed E-state index contributed by atoms with van der Waals surface area (Å²) in [7, 11) is 1.70. The Labute approximate surface area is 163 Å². The maximum absolute atomic E-state index is 12.9. The van der Waals surface area contributed by atoms with Gasteiger partial charge >= 0.3 is 0 Å². The number of ether oxygens (including phenoxy) is 1. The molecule has 1 aromatic heterocycles. The number of hydrogen-bond donors (Lipinski definition) is 3. The molecule has 2 bridgehead atoms. The number of piperidine rings is 3. The van der Waals surface area contributed by atoms with E-state index in [-0.39, 0.29) is 18.4 Å². The number of rotatable bonds is 4. The van der Waals surface area contributed by atoms with E-state index in [0.717, 1.165) is 23.2 Å². The van der Waals surface area contributed by atoms with Crippen molar-refractivity contribution < 1.29 is 19.4 Å². The van der Waals surface area contributed by atoms with Crippen molar-refractivity contribution >= 4 is 23.3 Å². The number of methoxy groups -OCH3 is 1. The second kappa shape index (κ2) is 7.79. The van der Waals surface area contributed by atoms with Crippen molar-refractivity contribution in [3.63, 3.8) is 0 Å². The van der Waals surface area contributed by atoms with E-state index in [1.165, 1.54) is 44.3 Å². The van der Waals surface area contributed by atoms with Gasteiger partial charge in [-0.25, -0.2) is 0 Å². The molecule has 1 atom stereocenters. The molecule has 1 aliphatic carbocycles. The van der Waals surface area contributed by atoms with Crippen LogP contribution in [0.3, 0.4) is 0 Å². The predicted octanol–water partition coefficient (Wildman–Crippen LogP) is 1.97. The minimum absolute atomic E-state index is 0.0584. The number of aromatic amines is 1. The van der Waals surface area contributed by atoms with Gasteiger partial charge in [0.1, 0.15) is 5.75 Å². The summed E-state index contributed by atoms with van der Waals surface area (Å²) >= 11 is 0. The highest BCUT2D eigenvalue weighted by Gasteiger charge is 2.35. The molecule has 3 aliphatic heterocycles. The van der Waals surface area contributed by atoms with Gasteiger partial charge in [-0.3, -0.25) is 14.7 Å². The maximum atomic E-state index is 12.9. The van der Waals surface area contributed by atoms with Gasteiger partial charge in [0.15, 0.2) is 5.69 Å². The van der Waals surface area contributed by atoms with Gasteiger partial charge < -0.3 is 20.1 Å². The molecule has 1 aromatic carbocycles. The average molecular weight is 386 g/mol. The van der Waals surface area contributed by atoms with Gasteiger partial charge in [0.25, 0.3) is 12.4 Å². The van der Waals surface area contributed by atoms with Crippen molar-refractivity contribution in [2.75, 3.05) is 26.7 Å². The van der Waals surface area contributed by atoms with E-state index in [1.807, 2.05) is 6.07 Å². The third kappa shape index (κ3) is 3.56. The Hall–Kier alpha value is -2.61. The molecule has 150 valence electrons. The van der Waals surface area contributed by atoms with E-state index in [4.69, 9.17) is 14.6 Å². The number of nitrogens with zero attached hydrogens (tertiary/aromatic N) is 2. The third-order valence-corrected chi connectivity index (χ3v) is 6.12. The van der Waals surface area contributed by atoms with Crippen LogP contribution in [-0.2, 0) is 4.79 Å². The molecule has 8 nitrogen and oxygen atoms in total. The first-order valence-corrected chi connectivity index (χ1v) is 9.81. The van der Waals surface area contributed by atoms with Crippen LogP contribution in [0.15, 0.2) is 12.1 Å². The number of aromatic nitrogens is 2. The minimum Gasteiger partial charge on any atom is -0.496 e. The normalized spacial score (nSPS) is 25.7. The second-order valence-electron chi connectivity index (χ2n) is 7.81. The molecule has 3 saturated heterocycles. The summed E-state index contributed by atoms with van der Waals surface area (Å²) in [5.41, 5.74) is 2.57. The van der Waals surface area contributed by atoms with Crippen LogP contribution < -0.4 is 10.1 Å². The summed E-state index contributed by atoms with van der Waals surface area (Å²) in [4.78, 5) is 23.7. The Morgan fingerprint density at radius 2 is 2.04 bits per heavy atom. The largest absolute Gasteiger partial charge is 0.496 e. The van der Waals surface area contributed by atoms with Crippen LogP contribution in [-0.4, -0.2) is 65.4 Å². The van der Waals surface area contributed by atoms with E-state index in [2.05, 4.69) is 26.5 Å². The maximum Gasteiger partial charge on any atom is 0.290 e. The van der Waals surface area contributed by atoms with Crippen molar-refractivity contribution in [3.05, 3.63) is 23.4 Å². The molecule has 3 N–H and O–H groups in total. The Kier molecular flexibility index (Phi) is 5.21. The minimum atomic E-state index is -0.250. The lowest BCUT2D eigenvalue weighted by Gasteiger charge is -2.44. The molecular weight excluding hydrogens is 360 g/mol. The van der Waals surface area contributed by atoms with Gasteiger partial charge in [-0.1, -0.05) is 0 Å². The summed E-state index contributed by atoms with van der Waals surface area (Å²) in [5.74, 6) is 2.01. The van der Waals surface area contributed by atoms with Crippen molar-refractivity contribution in [1.29, 1.82) is 0 Å². The smallest absolute Gasteiger partial charge is 0.290 e. The number of H-pyrrole nitrogens is 1. The standard InChI is InChI=1S/C19H24N4O2.CH2O2/c1-25-17-9-15-14(8-13(17)11-2-3-11)18(22-21-15)19(24)20-16-10-23-6-4-12(16)5-7-23;2-1-3/h8-9,11-12,16H,2-7,10H2,1H3,(H,20,24)(H,21,22);1H,(H,2,3)/t16-;/m1./s1. The first-order chi connectivity index (χ1) is 13.6. The number of carbonyl (C=O) groups is 2. The molecule has 2 aromatic rings. The zero-order valence-electron chi connectivity index (χ0n) is 16.0. The zero-order valence-corrected chi connectivity index (χ0v) is 16.0. The number of hydrogen-bond acceptors (Lipinski definition) is 5. The summed E-state index contributed by atoms with van der Waals surface area (Å²) in [5, 5.41) is 18.3. The number of amides is 1. The fourth-order valence-corrected chi connectivity index (χ4v) is 4.49. The first kappa shape index (κ1) is 18.7. The highest BCUT2D eigenvalue weighted by atomic mass is 16.5. The van der Waals surface area contributed by atoms with Crippen LogP contribution in [0.5, 0.6) is 5.75 Å². The quantitative estimate of drug-likeness (QED) is 0.694. The van der Waals surface area contributed by atoms with Crippen LogP contribution in [0.4, 0.5) is 0 Å². The molecule has 0 unspecified atom stereocenters. The van der Waals surface area contributed by atoms with E-state index in [1.54, 1.807) is 7.11 Å². The van der Waals surface area contributed by atoms with Crippen LogP contribution in [0.25, 0.3) is 10.9 Å². The summed E-state index contributed by atoms with van der Waals surface area (Å²) in [6.07, 6.45) is 4.77. The molecule has 6 rings (SSSR count). The van der Waals surface area contributed by atoms with E-state index >= 15 is 0 Å². The van der Waals surface area contributed by atoms with Gasteiger partial charge in [-0.05, 0) is 62.2 Å². The van der Waals surface area contributed by atoms with Gasteiger partial charge in [0.2, 0.25) is 0 Å². The van der Waals surface area contributed by atoms with E-state index in [0.29, 0.717) is 17.5 Å². The van der Waals surface area contributed by atoms with Crippen molar-refractivity contribution in [2.24, 2.45) is 5.92 Å². The molecule has 4 aliphatic rings. The number of fused-ring (bicyclic) bond motifs is 4. The number of nitrogens with one attached hydrogen (secondary N) is 2. The molecule has 28 heavy (non-hydrogen) atoms. The lowest BCUT2D eigenvalue weighted by Crippen LogP contribution is -2.57. The van der Waals surface area contributed by atoms with Crippen LogP contribution in [0.1, 0.15) is 47.7 Å². The molecular formula is C20H26N4O4. The molecule has 0 radical (unpaired) electrons. The molecule has 1 amide bonds. The molecule has 4 fully saturated rings. The van der Waals surface area contributed by atoms with Gasteiger partial charge in [0, 0.05) is 24.0 Å². The van der Waals surface area contributed by atoms with Crippen LogP contribution in [0.2, 0.25) is 0 Å². The monoisotopic (exact) mass is 386 g/mol. The van der Waals surface area contributed by atoms with Gasteiger partial charge in [-0.2, -0.15) is 5.10 Å². The highest BCUT2D eigenvalue weighted by molar-refractivity contribution is 6.05. The van der Waals surface area contributed by atoms with E-state index in [9.17, 15) is 4.79 Å². The fourth-order valence-electron chi connectivity index (χ4n) is 4.49. The third-order valence-electron chi connectivity index (χ3n) is 6.12. The zero-order chi connectivity index (χ0) is 19.7. The molecule has 8 heteroatoms. The number of benzene rings is 1. The lowest BCUT2D eigenvalue weighted by atomic mass is 9.84. The Balaban J connectivity index is 0.000000604. The van der Waals surface area contributed by atoms with Crippen molar-refractivity contribution in [2.45, 2.75) is 37.6 Å². The first-order valence-electron chi connectivity index (χ1n) is 9.81. The SMILES string of the molecule is COc1cc2[nH]nc(C(=O)N[C@@H]3CN4CCC3CC4)c2cc1C1CC1.O=CO. The Morgan fingerprint density at radius 1 is 1.32 bits per heavy atom. The number of carboxylic acid groups (broad SMARTS) is 1. The highest BCUT2D eigenvalue weighted by Crippen LogP contribution is 2.45. The molecule has 1 saturated carbocycles. The summed E-state index contributed by atoms with van der Waals surface area (Å²) in [6.45, 7) is 3.07. The summed E-state index contributed by atoms with van der Waals surface area (Å²) < 4.78 is 5.53. The number of carbonyl (C=O) groups excluding carboxylic acids is 1. The van der Waals surface area contributed by atoms with Gasteiger partial charge in [0.05, 0.1) is 12.6 Å². The average Bonchev–Trinajstić information content (AvgIpc) is 3.48. The Morgan fingerprint density at radius 3 is 2.61 bits per heavy atom. The fraction of sp³-hybridized carbons (Fsp3) is 0.550. The van der Waals surface area contributed by atoms with E-state index < -0.39 is 0 Å².